The Morgan fingerprint density at radius 3 is 2.47 bits per heavy atom. The fourth-order valence-corrected chi connectivity index (χ4v) is 1.90. The van der Waals surface area contributed by atoms with Crippen LogP contribution < -0.4 is 10.1 Å². The molecule has 1 N–H and O–H groups in total. The van der Waals surface area contributed by atoms with Gasteiger partial charge in [0.15, 0.2) is 0 Å². The van der Waals surface area contributed by atoms with Crippen molar-refractivity contribution in [3.63, 3.8) is 0 Å². The average molecular weight is 231 g/mol. The summed E-state index contributed by atoms with van der Waals surface area (Å²) in [7, 11) is 5.60. The third-order valence-corrected chi connectivity index (χ3v) is 2.85. The molecule has 17 heavy (non-hydrogen) atoms. The van der Waals surface area contributed by atoms with Crippen molar-refractivity contribution in [1.29, 1.82) is 0 Å². The van der Waals surface area contributed by atoms with Crippen molar-refractivity contribution in [2.45, 2.75) is 6.04 Å². The molecule has 2 aromatic rings. The Hall–Kier alpha value is -1.81. The molecule has 1 aromatic carbocycles. The summed E-state index contributed by atoms with van der Waals surface area (Å²) in [5.41, 5.74) is 1.17. The van der Waals surface area contributed by atoms with Crippen LogP contribution in [0.5, 0.6) is 5.75 Å². The molecule has 0 aliphatic heterocycles. The van der Waals surface area contributed by atoms with Crippen molar-refractivity contribution < 1.29 is 4.74 Å². The summed E-state index contributed by atoms with van der Waals surface area (Å²) in [6, 6.07) is 8.12. The highest BCUT2D eigenvalue weighted by Crippen LogP contribution is 2.22. The summed E-state index contributed by atoms with van der Waals surface area (Å²) in [6.07, 6.45) is 3.76. The number of nitrogens with zero attached hydrogens (tertiary/aromatic N) is 2. The van der Waals surface area contributed by atoms with Crippen molar-refractivity contribution in [2.24, 2.45) is 7.05 Å². The number of imidazole rings is 1. The Bertz CT molecular complexity index is 476. The summed E-state index contributed by atoms with van der Waals surface area (Å²) in [5, 5.41) is 3.27. The van der Waals surface area contributed by atoms with E-state index in [9.17, 15) is 0 Å². The Labute approximate surface area is 101 Å². The van der Waals surface area contributed by atoms with Crippen LogP contribution in [0.25, 0.3) is 0 Å². The van der Waals surface area contributed by atoms with E-state index in [1.54, 1.807) is 7.11 Å². The van der Waals surface area contributed by atoms with Gasteiger partial charge < -0.3 is 14.6 Å². The molecule has 0 aliphatic rings. The maximum Gasteiger partial charge on any atom is 0.130 e. The van der Waals surface area contributed by atoms with Crippen LogP contribution in [0.4, 0.5) is 0 Å². The molecule has 4 heteroatoms. The van der Waals surface area contributed by atoms with Crippen molar-refractivity contribution in [3.8, 4) is 5.75 Å². The van der Waals surface area contributed by atoms with E-state index in [4.69, 9.17) is 4.74 Å². The molecule has 4 nitrogen and oxygen atoms in total. The fourth-order valence-electron chi connectivity index (χ4n) is 1.90. The van der Waals surface area contributed by atoms with E-state index >= 15 is 0 Å². The van der Waals surface area contributed by atoms with E-state index in [1.165, 1.54) is 5.56 Å². The zero-order valence-corrected chi connectivity index (χ0v) is 10.3. The molecule has 2 rings (SSSR count). The maximum atomic E-state index is 5.16. The number of aryl methyl sites for hydroxylation is 1. The number of methoxy groups -OCH3 is 1. The van der Waals surface area contributed by atoms with Gasteiger partial charge in [0.1, 0.15) is 11.6 Å². The molecule has 1 aromatic heterocycles. The van der Waals surface area contributed by atoms with Gasteiger partial charge in [-0.2, -0.15) is 0 Å². The normalized spacial score (nSPS) is 12.4. The van der Waals surface area contributed by atoms with Crippen LogP contribution in [0.2, 0.25) is 0 Å². The second-order valence-electron chi connectivity index (χ2n) is 3.89. The highest BCUT2D eigenvalue weighted by atomic mass is 16.5. The smallest absolute Gasteiger partial charge is 0.130 e. The van der Waals surface area contributed by atoms with Crippen molar-refractivity contribution in [1.82, 2.24) is 14.9 Å². The lowest BCUT2D eigenvalue weighted by Crippen LogP contribution is -2.21. The van der Waals surface area contributed by atoms with Gasteiger partial charge in [0.2, 0.25) is 0 Å². The Balaban J connectivity index is 2.32. The van der Waals surface area contributed by atoms with Gasteiger partial charge in [-0.15, -0.1) is 0 Å². The predicted molar refractivity (Wildman–Crippen MR) is 67.1 cm³/mol. The molecule has 1 heterocycles. The van der Waals surface area contributed by atoms with E-state index in [1.807, 2.05) is 43.2 Å². The first-order chi connectivity index (χ1) is 8.26. The third-order valence-electron chi connectivity index (χ3n) is 2.85. The molecule has 0 amide bonds. The van der Waals surface area contributed by atoms with Crippen LogP contribution in [0.15, 0.2) is 36.7 Å². The van der Waals surface area contributed by atoms with Crippen LogP contribution >= 0.6 is 0 Å². The van der Waals surface area contributed by atoms with E-state index in [0.29, 0.717) is 0 Å². The third kappa shape index (κ3) is 2.31. The lowest BCUT2D eigenvalue weighted by Gasteiger charge is -2.16. The van der Waals surface area contributed by atoms with Gasteiger partial charge in [-0.25, -0.2) is 4.98 Å². The lowest BCUT2D eigenvalue weighted by molar-refractivity contribution is 0.414. The summed E-state index contributed by atoms with van der Waals surface area (Å²) in [4.78, 5) is 4.38. The SMILES string of the molecule is CNC(c1ccc(OC)cc1)c1nccn1C. The number of benzene rings is 1. The Morgan fingerprint density at radius 2 is 2.00 bits per heavy atom. The van der Waals surface area contributed by atoms with Gasteiger partial charge in [-0.3, -0.25) is 0 Å². The quantitative estimate of drug-likeness (QED) is 0.871. The van der Waals surface area contributed by atoms with Crippen molar-refractivity contribution in [3.05, 3.63) is 48.0 Å². The monoisotopic (exact) mass is 231 g/mol. The average Bonchev–Trinajstić information content (AvgIpc) is 2.78. The molecular formula is C13H17N3O. The molecule has 0 aliphatic carbocycles. The molecule has 0 radical (unpaired) electrons. The van der Waals surface area contributed by atoms with Crippen LogP contribution in [0.3, 0.4) is 0 Å². The Kier molecular flexibility index (Phi) is 3.44. The van der Waals surface area contributed by atoms with Gasteiger partial charge in [-0.1, -0.05) is 12.1 Å². The van der Waals surface area contributed by atoms with Crippen LogP contribution in [0.1, 0.15) is 17.4 Å². The first-order valence-corrected chi connectivity index (χ1v) is 5.54. The van der Waals surface area contributed by atoms with E-state index in [-0.39, 0.29) is 6.04 Å². The topological polar surface area (TPSA) is 39.1 Å². The van der Waals surface area contributed by atoms with Crippen LogP contribution in [0, 0.1) is 0 Å². The first-order valence-electron chi connectivity index (χ1n) is 5.54. The molecule has 1 unspecified atom stereocenters. The minimum absolute atomic E-state index is 0.0981. The summed E-state index contributed by atoms with van der Waals surface area (Å²) >= 11 is 0. The highest BCUT2D eigenvalue weighted by Gasteiger charge is 2.15. The second-order valence-corrected chi connectivity index (χ2v) is 3.89. The number of nitrogens with one attached hydrogen (secondary N) is 1. The molecule has 1 atom stereocenters. The molecule has 0 saturated carbocycles. The predicted octanol–water partition coefficient (Wildman–Crippen LogP) is 1.74. The van der Waals surface area contributed by atoms with Crippen LogP contribution in [-0.4, -0.2) is 23.7 Å². The van der Waals surface area contributed by atoms with Crippen molar-refractivity contribution >= 4 is 0 Å². The first kappa shape index (κ1) is 11.7. The number of hydrogen-bond donors (Lipinski definition) is 1. The standard InChI is InChI=1S/C13H17N3O/c1-14-12(13-15-8-9-16(13)2)10-4-6-11(17-3)7-5-10/h4-9,12,14H,1-3H3. The number of aromatic nitrogens is 2. The zero-order chi connectivity index (χ0) is 12.3. The summed E-state index contributed by atoms with van der Waals surface area (Å²) in [6.45, 7) is 0. The van der Waals surface area contributed by atoms with Gasteiger partial charge in [0, 0.05) is 19.4 Å². The highest BCUT2D eigenvalue weighted by molar-refractivity contribution is 5.32. The maximum absolute atomic E-state index is 5.16. The van der Waals surface area contributed by atoms with Gasteiger partial charge >= 0.3 is 0 Å². The second kappa shape index (κ2) is 5.01. The van der Waals surface area contributed by atoms with E-state index in [2.05, 4.69) is 22.4 Å². The van der Waals surface area contributed by atoms with Gasteiger partial charge in [0.25, 0.3) is 0 Å². The van der Waals surface area contributed by atoms with Crippen molar-refractivity contribution in [2.75, 3.05) is 14.2 Å². The van der Waals surface area contributed by atoms with Gasteiger partial charge in [-0.05, 0) is 24.7 Å². The fraction of sp³-hybridized carbons (Fsp3) is 0.308. The number of ether oxygens (including phenoxy) is 1. The van der Waals surface area contributed by atoms with E-state index < -0.39 is 0 Å². The largest absolute Gasteiger partial charge is 0.497 e. The van der Waals surface area contributed by atoms with Crippen LogP contribution in [-0.2, 0) is 7.05 Å². The van der Waals surface area contributed by atoms with Gasteiger partial charge in [0.05, 0.1) is 13.2 Å². The summed E-state index contributed by atoms with van der Waals surface area (Å²) in [5.74, 6) is 1.86. The molecule has 90 valence electrons. The minimum atomic E-state index is 0.0981. The lowest BCUT2D eigenvalue weighted by atomic mass is 10.1. The minimum Gasteiger partial charge on any atom is -0.497 e. The number of rotatable bonds is 4. The molecular weight excluding hydrogens is 214 g/mol. The molecule has 0 bridgehead atoms. The number of hydrogen-bond acceptors (Lipinski definition) is 3. The zero-order valence-electron chi connectivity index (χ0n) is 10.3. The molecule has 0 fully saturated rings. The molecule has 0 saturated heterocycles. The summed E-state index contributed by atoms with van der Waals surface area (Å²) < 4.78 is 7.17. The molecule has 0 spiro atoms. The Morgan fingerprint density at radius 1 is 1.29 bits per heavy atom. The van der Waals surface area contributed by atoms with E-state index in [0.717, 1.165) is 11.6 Å².